The lowest BCUT2D eigenvalue weighted by atomic mass is 10.2. The number of aromatic nitrogens is 4. The molecule has 0 amide bonds. The Kier molecular flexibility index (Phi) is 4.45. The van der Waals surface area contributed by atoms with Crippen molar-refractivity contribution in [3.05, 3.63) is 23.9 Å². The maximum atomic E-state index is 5.28. The first-order valence-electron chi connectivity index (χ1n) is 5.74. The maximum Gasteiger partial charge on any atom is 0.322 e. The minimum absolute atomic E-state index is 0.169. The van der Waals surface area contributed by atoms with Crippen molar-refractivity contribution in [1.82, 2.24) is 19.9 Å². The second kappa shape index (κ2) is 6.48. The molecule has 2 rings (SSSR count). The summed E-state index contributed by atoms with van der Waals surface area (Å²) in [5.41, 5.74) is 3.32. The van der Waals surface area contributed by atoms with E-state index in [1.165, 1.54) is 7.11 Å². The third kappa shape index (κ3) is 3.42. The van der Waals surface area contributed by atoms with Gasteiger partial charge in [-0.25, -0.2) is 10.8 Å². The average molecular weight is 277 g/mol. The Morgan fingerprint density at radius 2 is 1.95 bits per heavy atom. The zero-order valence-electron chi connectivity index (χ0n) is 11.1. The van der Waals surface area contributed by atoms with Crippen molar-refractivity contribution in [3.8, 4) is 11.9 Å². The standard InChI is InChI=1S/C11H15N7O2/c1-19-8-5-7(3-4-13-8)6-14-9-15-10(18-12)17-11(16-9)20-2/h3-5H,6,12H2,1-2H3,(H2,14,15,16,17,18). The van der Waals surface area contributed by atoms with E-state index in [4.69, 9.17) is 15.3 Å². The fourth-order valence-electron chi connectivity index (χ4n) is 1.44. The molecule has 0 spiro atoms. The number of rotatable bonds is 6. The van der Waals surface area contributed by atoms with Crippen molar-refractivity contribution in [2.24, 2.45) is 5.84 Å². The number of nitrogens with two attached hydrogens (primary N) is 1. The second-order valence-electron chi connectivity index (χ2n) is 3.67. The molecule has 4 N–H and O–H groups in total. The van der Waals surface area contributed by atoms with E-state index in [9.17, 15) is 0 Å². The van der Waals surface area contributed by atoms with E-state index in [-0.39, 0.29) is 12.0 Å². The lowest BCUT2D eigenvalue weighted by molar-refractivity contribution is 0.379. The van der Waals surface area contributed by atoms with E-state index in [0.29, 0.717) is 18.4 Å². The van der Waals surface area contributed by atoms with E-state index in [2.05, 4.69) is 30.7 Å². The van der Waals surface area contributed by atoms with Crippen LogP contribution in [0.25, 0.3) is 0 Å². The second-order valence-corrected chi connectivity index (χ2v) is 3.67. The van der Waals surface area contributed by atoms with Crippen LogP contribution in [0, 0.1) is 0 Å². The molecule has 0 aliphatic heterocycles. The Hall–Kier alpha value is -2.68. The largest absolute Gasteiger partial charge is 0.481 e. The van der Waals surface area contributed by atoms with Gasteiger partial charge in [0.2, 0.25) is 17.8 Å². The number of hydrogen-bond acceptors (Lipinski definition) is 9. The highest BCUT2D eigenvalue weighted by Crippen LogP contribution is 2.13. The molecule has 0 atom stereocenters. The van der Waals surface area contributed by atoms with E-state index in [1.54, 1.807) is 13.3 Å². The number of hydrogen-bond donors (Lipinski definition) is 3. The average Bonchev–Trinajstić information content (AvgIpc) is 2.52. The SMILES string of the molecule is COc1cc(CNc2nc(NN)nc(OC)n2)ccn1. The van der Waals surface area contributed by atoms with Gasteiger partial charge in [0.15, 0.2) is 0 Å². The molecule has 2 heterocycles. The number of methoxy groups -OCH3 is 2. The van der Waals surface area contributed by atoms with Crippen LogP contribution in [0.3, 0.4) is 0 Å². The van der Waals surface area contributed by atoms with Crippen LogP contribution in [0.5, 0.6) is 11.9 Å². The van der Waals surface area contributed by atoms with Gasteiger partial charge in [-0.3, -0.25) is 5.43 Å². The van der Waals surface area contributed by atoms with Crippen LogP contribution < -0.4 is 26.1 Å². The molecule has 0 aliphatic carbocycles. The number of nitrogens with one attached hydrogen (secondary N) is 2. The lowest BCUT2D eigenvalue weighted by Gasteiger charge is -2.08. The predicted molar refractivity (Wildman–Crippen MR) is 72.3 cm³/mol. The number of nitrogens with zero attached hydrogens (tertiary/aromatic N) is 4. The monoisotopic (exact) mass is 277 g/mol. The van der Waals surface area contributed by atoms with Crippen molar-refractivity contribution in [1.29, 1.82) is 0 Å². The Morgan fingerprint density at radius 1 is 1.15 bits per heavy atom. The summed E-state index contributed by atoms with van der Waals surface area (Å²) in [6, 6.07) is 3.84. The Labute approximate surface area is 115 Å². The normalized spacial score (nSPS) is 9.95. The van der Waals surface area contributed by atoms with Gasteiger partial charge in [0.05, 0.1) is 14.2 Å². The van der Waals surface area contributed by atoms with Gasteiger partial charge in [0.1, 0.15) is 0 Å². The summed E-state index contributed by atoms with van der Waals surface area (Å²) >= 11 is 0. The van der Waals surface area contributed by atoms with E-state index in [1.807, 2.05) is 12.1 Å². The fourth-order valence-corrected chi connectivity index (χ4v) is 1.44. The van der Waals surface area contributed by atoms with Gasteiger partial charge in [-0.2, -0.15) is 15.0 Å². The Morgan fingerprint density at radius 3 is 2.65 bits per heavy atom. The molecule has 9 heteroatoms. The van der Waals surface area contributed by atoms with Gasteiger partial charge in [0, 0.05) is 18.8 Å². The first-order valence-corrected chi connectivity index (χ1v) is 5.74. The van der Waals surface area contributed by atoms with Gasteiger partial charge in [-0.1, -0.05) is 0 Å². The third-order valence-electron chi connectivity index (χ3n) is 2.39. The molecule has 0 radical (unpaired) electrons. The third-order valence-corrected chi connectivity index (χ3v) is 2.39. The van der Waals surface area contributed by atoms with Crippen molar-refractivity contribution in [2.75, 3.05) is 25.0 Å². The summed E-state index contributed by atoms with van der Waals surface area (Å²) < 4.78 is 10.0. The van der Waals surface area contributed by atoms with Crippen LogP contribution >= 0.6 is 0 Å². The Balaban J connectivity index is 2.09. The van der Waals surface area contributed by atoms with Crippen LogP contribution in [0.4, 0.5) is 11.9 Å². The molecule has 0 aliphatic rings. The summed E-state index contributed by atoms with van der Waals surface area (Å²) in [6.07, 6.45) is 1.66. The number of pyridine rings is 1. The minimum atomic E-state index is 0.169. The molecule has 106 valence electrons. The van der Waals surface area contributed by atoms with Crippen molar-refractivity contribution in [2.45, 2.75) is 6.54 Å². The first-order chi connectivity index (χ1) is 9.75. The molecular weight excluding hydrogens is 262 g/mol. The van der Waals surface area contributed by atoms with E-state index < -0.39 is 0 Å². The summed E-state index contributed by atoms with van der Waals surface area (Å²) in [4.78, 5) is 16.1. The molecule has 2 aromatic rings. The van der Waals surface area contributed by atoms with Crippen molar-refractivity contribution in [3.63, 3.8) is 0 Å². The summed E-state index contributed by atoms with van der Waals surface area (Å²) in [5.74, 6) is 6.38. The molecule has 0 unspecified atom stereocenters. The fraction of sp³-hybridized carbons (Fsp3) is 0.273. The van der Waals surface area contributed by atoms with Crippen molar-refractivity contribution < 1.29 is 9.47 Å². The molecular formula is C11H15N7O2. The van der Waals surface area contributed by atoms with E-state index in [0.717, 1.165) is 5.56 Å². The zero-order valence-corrected chi connectivity index (χ0v) is 11.1. The number of anilines is 2. The zero-order chi connectivity index (χ0) is 14.4. The quantitative estimate of drug-likeness (QED) is 0.501. The molecule has 20 heavy (non-hydrogen) atoms. The number of hydrazine groups is 1. The topological polar surface area (TPSA) is 120 Å². The summed E-state index contributed by atoms with van der Waals surface area (Å²) in [7, 11) is 3.03. The van der Waals surface area contributed by atoms with Crippen molar-refractivity contribution >= 4 is 11.9 Å². The van der Waals surface area contributed by atoms with E-state index >= 15 is 0 Å². The van der Waals surface area contributed by atoms with Gasteiger partial charge in [-0.15, -0.1) is 0 Å². The minimum Gasteiger partial charge on any atom is -0.481 e. The predicted octanol–water partition coefficient (Wildman–Crippen LogP) is 0.181. The molecule has 2 aromatic heterocycles. The summed E-state index contributed by atoms with van der Waals surface area (Å²) in [5, 5.41) is 3.04. The van der Waals surface area contributed by atoms with Crippen LogP contribution in [-0.4, -0.2) is 34.2 Å². The molecule has 9 nitrogen and oxygen atoms in total. The van der Waals surface area contributed by atoms with Gasteiger partial charge in [0.25, 0.3) is 0 Å². The molecule has 0 bridgehead atoms. The van der Waals surface area contributed by atoms with Gasteiger partial charge >= 0.3 is 6.01 Å². The highest BCUT2D eigenvalue weighted by atomic mass is 16.5. The molecule has 0 fully saturated rings. The van der Waals surface area contributed by atoms with Gasteiger partial charge in [-0.05, 0) is 11.6 Å². The Bertz CT molecular complexity index is 556. The molecule has 0 aromatic carbocycles. The first kappa shape index (κ1) is 13.7. The highest BCUT2D eigenvalue weighted by molar-refractivity contribution is 5.36. The highest BCUT2D eigenvalue weighted by Gasteiger charge is 2.06. The van der Waals surface area contributed by atoms with Crippen LogP contribution in [-0.2, 0) is 6.54 Å². The van der Waals surface area contributed by atoms with Crippen LogP contribution in [0.1, 0.15) is 5.56 Å². The lowest BCUT2D eigenvalue weighted by Crippen LogP contribution is -2.14. The van der Waals surface area contributed by atoms with Gasteiger partial charge < -0.3 is 14.8 Å². The summed E-state index contributed by atoms with van der Waals surface area (Å²) in [6.45, 7) is 0.496. The number of ether oxygens (including phenoxy) is 2. The van der Waals surface area contributed by atoms with Crippen LogP contribution in [0.15, 0.2) is 18.3 Å². The molecule has 0 saturated heterocycles. The maximum absolute atomic E-state index is 5.28. The molecule has 0 saturated carbocycles. The smallest absolute Gasteiger partial charge is 0.322 e. The van der Waals surface area contributed by atoms with Crippen LogP contribution in [0.2, 0.25) is 0 Å². The number of nitrogen functional groups attached to an aromatic ring is 1.